The van der Waals surface area contributed by atoms with Gasteiger partial charge in [-0.3, -0.25) is 19.5 Å². The molecule has 1 aromatic carbocycles. The maximum absolute atomic E-state index is 12.3. The van der Waals surface area contributed by atoms with Crippen LogP contribution in [0.2, 0.25) is 5.02 Å². The van der Waals surface area contributed by atoms with Gasteiger partial charge in [-0.05, 0) is 24.3 Å². The van der Waals surface area contributed by atoms with Crippen molar-refractivity contribution < 1.29 is 9.72 Å². The van der Waals surface area contributed by atoms with Crippen molar-refractivity contribution in [3.8, 4) is 5.82 Å². The van der Waals surface area contributed by atoms with Crippen LogP contribution in [0.5, 0.6) is 0 Å². The Morgan fingerprint density at radius 1 is 1.29 bits per heavy atom. The molecule has 0 unspecified atom stereocenters. The Kier molecular flexibility index (Phi) is 4.21. The standard InChI is InChI=1S/C15H10ClN5O3/c16-10-1-3-13(21(23)24)12(7-10)15(22)19-11-2-4-14(18-8-11)20-6-5-17-9-20/h1-9H,(H,19,22). The van der Waals surface area contributed by atoms with E-state index >= 15 is 0 Å². The number of carbonyl (C=O) groups excluding carboxylic acids is 1. The lowest BCUT2D eigenvalue weighted by atomic mass is 10.1. The Balaban J connectivity index is 1.83. The first kappa shape index (κ1) is 15.6. The molecule has 9 heteroatoms. The molecule has 1 N–H and O–H groups in total. The average molecular weight is 344 g/mol. The molecule has 0 atom stereocenters. The molecule has 120 valence electrons. The van der Waals surface area contributed by atoms with E-state index in [1.807, 2.05) is 0 Å². The highest BCUT2D eigenvalue weighted by atomic mass is 35.5. The van der Waals surface area contributed by atoms with Gasteiger partial charge in [-0.25, -0.2) is 9.97 Å². The fourth-order valence-corrected chi connectivity index (χ4v) is 2.23. The van der Waals surface area contributed by atoms with Gasteiger partial charge in [-0.15, -0.1) is 0 Å². The molecule has 0 saturated carbocycles. The molecule has 2 aromatic heterocycles. The van der Waals surface area contributed by atoms with Crippen molar-refractivity contribution in [2.75, 3.05) is 5.32 Å². The summed E-state index contributed by atoms with van der Waals surface area (Å²) in [6.07, 6.45) is 6.39. The van der Waals surface area contributed by atoms with E-state index in [0.717, 1.165) is 0 Å². The first-order valence-corrected chi connectivity index (χ1v) is 7.12. The normalized spacial score (nSPS) is 10.4. The summed E-state index contributed by atoms with van der Waals surface area (Å²) in [5.74, 6) is -0.0133. The topological polar surface area (TPSA) is 103 Å². The van der Waals surface area contributed by atoms with Gasteiger partial charge in [0.15, 0.2) is 0 Å². The molecular weight excluding hydrogens is 334 g/mol. The molecule has 2 heterocycles. The third kappa shape index (κ3) is 3.23. The number of benzene rings is 1. The number of anilines is 1. The molecule has 8 nitrogen and oxygen atoms in total. The van der Waals surface area contributed by atoms with E-state index in [1.165, 1.54) is 24.4 Å². The average Bonchev–Trinajstić information content (AvgIpc) is 3.09. The van der Waals surface area contributed by atoms with Gasteiger partial charge in [0, 0.05) is 23.5 Å². The van der Waals surface area contributed by atoms with Gasteiger partial charge in [-0.1, -0.05) is 11.6 Å². The van der Waals surface area contributed by atoms with Crippen LogP contribution >= 0.6 is 11.6 Å². The Morgan fingerprint density at radius 2 is 2.12 bits per heavy atom. The molecule has 0 bridgehead atoms. The number of halogens is 1. The summed E-state index contributed by atoms with van der Waals surface area (Å²) in [5.41, 5.74) is -0.0378. The fraction of sp³-hybridized carbons (Fsp3) is 0. The van der Waals surface area contributed by atoms with E-state index in [2.05, 4.69) is 15.3 Å². The minimum absolute atomic E-state index is 0.119. The molecule has 0 radical (unpaired) electrons. The van der Waals surface area contributed by atoms with Crippen LogP contribution in [0.4, 0.5) is 11.4 Å². The van der Waals surface area contributed by atoms with E-state index < -0.39 is 10.8 Å². The third-order valence-electron chi connectivity index (χ3n) is 3.17. The molecule has 0 aliphatic rings. The van der Waals surface area contributed by atoms with Gasteiger partial charge in [0.25, 0.3) is 11.6 Å². The van der Waals surface area contributed by atoms with E-state index in [1.54, 1.807) is 35.4 Å². The first-order chi connectivity index (χ1) is 11.5. The van der Waals surface area contributed by atoms with Gasteiger partial charge in [-0.2, -0.15) is 0 Å². The predicted molar refractivity (Wildman–Crippen MR) is 87.4 cm³/mol. The number of amides is 1. The number of nitro benzene ring substituents is 1. The van der Waals surface area contributed by atoms with Crippen LogP contribution in [0, 0.1) is 10.1 Å². The van der Waals surface area contributed by atoms with Crippen molar-refractivity contribution in [3.05, 3.63) is 76.0 Å². The molecule has 3 rings (SSSR count). The zero-order valence-electron chi connectivity index (χ0n) is 12.1. The summed E-state index contributed by atoms with van der Waals surface area (Å²) in [5, 5.41) is 13.8. The summed E-state index contributed by atoms with van der Waals surface area (Å²) in [7, 11) is 0. The fourth-order valence-electron chi connectivity index (χ4n) is 2.06. The first-order valence-electron chi connectivity index (χ1n) is 6.74. The van der Waals surface area contributed by atoms with Crippen LogP contribution in [-0.4, -0.2) is 25.4 Å². The maximum atomic E-state index is 12.3. The van der Waals surface area contributed by atoms with Crippen LogP contribution in [0.1, 0.15) is 10.4 Å². The Labute approximate surface area is 140 Å². The van der Waals surface area contributed by atoms with Gasteiger partial charge < -0.3 is 5.32 Å². The lowest BCUT2D eigenvalue weighted by Crippen LogP contribution is -2.14. The van der Waals surface area contributed by atoms with E-state index in [-0.39, 0.29) is 16.3 Å². The Hall–Kier alpha value is -3.26. The summed E-state index contributed by atoms with van der Waals surface area (Å²) >= 11 is 5.82. The highest BCUT2D eigenvalue weighted by molar-refractivity contribution is 6.31. The molecule has 24 heavy (non-hydrogen) atoms. The number of aromatic nitrogens is 3. The number of hydrogen-bond acceptors (Lipinski definition) is 5. The largest absolute Gasteiger partial charge is 0.320 e. The van der Waals surface area contributed by atoms with Gasteiger partial charge in [0.2, 0.25) is 0 Å². The molecule has 0 fully saturated rings. The van der Waals surface area contributed by atoms with Crippen LogP contribution < -0.4 is 5.32 Å². The minimum Gasteiger partial charge on any atom is -0.320 e. The molecule has 3 aromatic rings. The smallest absolute Gasteiger partial charge is 0.282 e. The zero-order valence-corrected chi connectivity index (χ0v) is 12.8. The van der Waals surface area contributed by atoms with E-state index in [9.17, 15) is 14.9 Å². The molecule has 1 amide bonds. The Bertz CT molecular complexity index is 894. The van der Waals surface area contributed by atoms with Crippen LogP contribution in [0.15, 0.2) is 55.2 Å². The lowest BCUT2D eigenvalue weighted by molar-refractivity contribution is -0.385. The molecular formula is C15H10ClN5O3. The van der Waals surface area contributed by atoms with Crippen molar-refractivity contribution >= 4 is 28.9 Å². The molecule has 0 spiro atoms. The highest BCUT2D eigenvalue weighted by Gasteiger charge is 2.20. The number of imidazole rings is 1. The summed E-state index contributed by atoms with van der Waals surface area (Å²) in [6, 6.07) is 7.12. The van der Waals surface area contributed by atoms with Crippen molar-refractivity contribution in [3.63, 3.8) is 0 Å². The number of nitro groups is 1. The highest BCUT2D eigenvalue weighted by Crippen LogP contribution is 2.23. The number of pyridine rings is 1. The number of nitrogens with zero attached hydrogens (tertiary/aromatic N) is 4. The lowest BCUT2D eigenvalue weighted by Gasteiger charge is -2.07. The van der Waals surface area contributed by atoms with Crippen molar-refractivity contribution in [2.24, 2.45) is 0 Å². The molecule has 0 saturated heterocycles. The van der Waals surface area contributed by atoms with Crippen LogP contribution in [0.25, 0.3) is 5.82 Å². The second-order valence-electron chi connectivity index (χ2n) is 4.75. The SMILES string of the molecule is O=C(Nc1ccc(-n2ccnc2)nc1)c1cc(Cl)ccc1[N+](=O)[O-]. The maximum Gasteiger partial charge on any atom is 0.282 e. The quantitative estimate of drug-likeness (QED) is 0.579. The minimum atomic E-state index is -0.638. The van der Waals surface area contributed by atoms with Crippen LogP contribution in [0.3, 0.4) is 0 Å². The van der Waals surface area contributed by atoms with Gasteiger partial charge in [0.05, 0.1) is 16.8 Å². The van der Waals surface area contributed by atoms with Gasteiger partial charge >= 0.3 is 0 Å². The summed E-state index contributed by atoms with van der Waals surface area (Å²) in [4.78, 5) is 30.8. The van der Waals surface area contributed by atoms with Crippen molar-refractivity contribution in [2.45, 2.75) is 0 Å². The molecule has 0 aliphatic heterocycles. The van der Waals surface area contributed by atoms with E-state index in [4.69, 9.17) is 11.6 Å². The van der Waals surface area contributed by atoms with Crippen LogP contribution in [-0.2, 0) is 0 Å². The summed E-state index contributed by atoms with van der Waals surface area (Å²) in [6.45, 7) is 0. The Morgan fingerprint density at radius 3 is 2.75 bits per heavy atom. The van der Waals surface area contributed by atoms with Crippen molar-refractivity contribution in [1.82, 2.24) is 14.5 Å². The van der Waals surface area contributed by atoms with E-state index in [0.29, 0.717) is 11.5 Å². The summed E-state index contributed by atoms with van der Waals surface area (Å²) < 4.78 is 1.70. The second-order valence-corrected chi connectivity index (χ2v) is 5.18. The molecule has 0 aliphatic carbocycles. The number of rotatable bonds is 4. The van der Waals surface area contributed by atoms with Gasteiger partial charge in [0.1, 0.15) is 17.7 Å². The monoisotopic (exact) mass is 343 g/mol. The number of carbonyl (C=O) groups is 1. The number of nitrogens with one attached hydrogen (secondary N) is 1. The predicted octanol–water partition coefficient (Wildman–Crippen LogP) is 3.08. The second kappa shape index (κ2) is 6.47. The zero-order chi connectivity index (χ0) is 17.1. The third-order valence-corrected chi connectivity index (χ3v) is 3.41. The van der Waals surface area contributed by atoms with Crippen molar-refractivity contribution in [1.29, 1.82) is 0 Å². The number of hydrogen-bond donors (Lipinski definition) is 1.